The van der Waals surface area contributed by atoms with Gasteiger partial charge in [-0.1, -0.05) is 20.8 Å². The Hall–Kier alpha value is -0.770. The lowest BCUT2D eigenvalue weighted by Crippen LogP contribution is -2.62. The number of nitrogens with one attached hydrogen (secondary N) is 1. The number of carboxylic acid groups (broad SMARTS) is 1. The minimum atomic E-state index is -0.807. The van der Waals surface area contributed by atoms with Crippen LogP contribution >= 0.6 is 0 Å². The summed E-state index contributed by atoms with van der Waals surface area (Å²) in [4.78, 5) is 12.6. The van der Waals surface area contributed by atoms with Crippen LogP contribution in [0.1, 0.15) is 27.7 Å². The Kier molecular flexibility index (Phi) is 3.04. The topological polar surface area (TPSA) is 52.6 Å². The van der Waals surface area contributed by atoms with Crippen LogP contribution in [0.25, 0.3) is 0 Å². The van der Waals surface area contributed by atoms with Gasteiger partial charge in [0.1, 0.15) is 0 Å². The van der Waals surface area contributed by atoms with Crippen molar-refractivity contribution in [3.05, 3.63) is 0 Å². The Morgan fingerprint density at radius 1 is 1.50 bits per heavy atom. The first-order valence-electron chi connectivity index (χ1n) is 5.07. The van der Waals surface area contributed by atoms with E-state index < -0.39 is 6.09 Å². The first-order valence-corrected chi connectivity index (χ1v) is 5.07. The van der Waals surface area contributed by atoms with Crippen molar-refractivity contribution >= 4 is 6.09 Å². The molecule has 0 aromatic heterocycles. The van der Waals surface area contributed by atoms with Gasteiger partial charge in [-0.2, -0.15) is 0 Å². The Morgan fingerprint density at radius 3 is 2.43 bits per heavy atom. The predicted molar refractivity (Wildman–Crippen MR) is 55.4 cm³/mol. The molecule has 4 heteroatoms. The minimum absolute atomic E-state index is 0.0226. The molecular formula is C10H20N2O2. The lowest BCUT2D eigenvalue weighted by atomic mass is 9.80. The van der Waals surface area contributed by atoms with E-state index in [1.165, 1.54) is 0 Å². The molecule has 2 unspecified atom stereocenters. The Bertz CT molecular complexity index is 223. The molecule has 2 atom stereocenters. The van der Waals surface area contributed by atoms with Crippen LogP contribution in [0, 0.1) is 5.41 Å². The van der Waals surface area contributed by atoms with Crippen molar-refractivity contribution in [2.75, 3.05) is 13.1 Å². The quantitative estimate of drug-likeness (QED) is 0.621. The SMILES string of the molecule is CC1NCCN(C(=O)O)C1C(C)(C)C. The number of hydrogen-bond donors (Lipinski definition) is 2. The molecule has 2 N–H and O–H groups in total. The van der Waals surface area contributed by atoms with Gasteiger partial charge in [0.15, 0.2) is 0 Å². The molecule has 1 fully saturated rings. The van der Waals surface area contributed by atoms with Crippen LogP contribution in [0.2, 0.25) is 0 Å². The molecule has 14 heavy (non-hydrogen) atoms. The van der Waals surface area contributed by atoms with E-state index in [0.29, 0.717) is 6.54 Å². The van der Waals surface area contributed by atoms with Crippen LogP contribution in [-0.2, 0) is 0 Å². The zero-order chi connectivity index (χ0) is 10.9. The number of hydrogen-bond acceptors (Lipinski definition) is 2. The molecule has 0 saturated carbocycles. The number of amides is 1. The lowest BCUT2D eigenvalue weighted by Gasteiger charge is -2.46. The zero-order valence-corrected chi connectivity index (χ0v) is 9.37. The fourth-order valence-corrected chi connectivity index (χ4v) is 2.37. The summed E-state index contributed by atoms with van der Waals surface area (Å²) in [7, 11) is 0. The van der Waals surface area contributed by atoms with Crippen LogP contribution in [-0.4, -0.2) is 41.3 Å². The Balaban J connectivity index is 2.87. The molecule has 0 aromatic carbocycles. The van der Waals surface area contributed by atoms with Crippen molar-refractivity contribution in [2.24, 2.45) is 5.41 Å². The van der Waals surface area contributed by atoms with Crippen LogP contribution in [0.4, 0.5) is 4.79 Å². The highest BCUT2D eigenvalue weighted by molar-refractivity contribution is 5.66. The summed E-state index contributed by atoms with van der Waals surface area (Å²) in [5.74, 6) is 0. The second-order valence-corrected chi connectivity index (χ2v) is 5.03. The number of piperazine rings is 1. The first-order chi connectivity index (χ1) is 6.34. The van der Waals surface area contributed by atoms with Gasteiger partial charge in [-0.25, -0.2) is 4.79 Å². The molecule has 1 amide bonds. The smallest absolute Gasteiger partial charge is 0.407 e. The average Bonchev–Trinajstić information content (AvgIpc) is 2.01. The molecule has 82 valence electrons. The van der Waals surface area contributed by atoms with E-state index in [1.807, 2.05) is 6.92 Å². The van der Waals surface area contributed by atoms with Gasteiger partial charge in [0.2, 0.25) is 0 Å². The Morgan fingerprint density at radius 2 is 2.07 bits per heavy atom. The third-order valence-corrected chi connectivity index (χ3v) is 2.76. The standard InChI is InChI=1S/C10H20N2O2/c1-7-8(10(2,3)4)12(9(13)14)6-5-11-7/h7-8,11H,5-6H2,1-4H3,(H,13,14). The summed E-state index contributed by atoms with van der Waals surface area (Å²) in [5.41, 5.74) is -0.0226. The van der Waals surface area contributed by atoms with E-state index in [9.17, 15) is 4.79 Å². The van der Waals surface area contributed by atoms with E-state index in [2.05, 4.69) is 26.1 Å². The van der Waals surface area contributed by atoms with Gasteiger partial charge in [-0.05, 0) is 12.3 Å². The first kappa shape index (κ1) is 11.3. The van der Waals surface area contributed by atoms with Crippen molar-refractivity contribution < 1.29 is 9.90 Å². The molecular weight excluding hydrogens is 180 g/mol. The highest BCUT2D eigenvalue weighted by Crippen LogP contribution is 2.28. The molecule has 1 heterocycles. The molecule has 0 spiro atoms. The van der Waals surface area contributed by atoms with Crippen molar-refractivity contribution in [2.45, 2.75) is 39.8 Å². The molecule has 0 bridgehead atoms. The number of rotatable bonds is 0. The van der Waals surface area contributed by atoms with Gasteiger partial charge in [-0.15, -0.1) is 0 Å². The van der Waals surface area contributed by atoms with Crippen molar-refractivity contribution in [1.29, 1.82) is 0 Å². The Labute approximate surface area is 85.3 Å². The minimum Gasteiger partial charge on any atom is -0.465 e. The molecule has 1 saturated heterocycles. The van der Waals surface area contributed by atoms with Crippen molar-refractivity contribution in [3.63, 3.8) is 0 Å². The third kappa shape index (κ3) is 2.18. The highest BCUT2D eigenvalue weighted by Gasteiger charge is 2.39. The van der Waals surface area contributed by atoms with Gasteiger partial charge in [0.25, 0.3) is 0 Å². The van der Waals surface area contributed by atoms with E-state index >= 15 is 0 Å². The van der Waals surface area contributed by atoms with Crippen molar-refractivity contribution in [1.82, 2.24) is 10.2 Å². The number of nitrogens with zero attached hydrogens (tertiary/aromatic N) is 1. The maximum absolute atomic E-state index is 11.1. The van der Waals surface area contributed by atoms with Crippen LogP contribution in [0.3, 0.4) is 0 Å². The summed E-state index contributed by atoms with van der Waals surface area (Å²) in [6, 6.07) is 0.272. The molecule has 4 nitrogen and oxygen atoms in total. The second-order valence-electron chi connectivity index (χ2n) is 5.03. The molecule has 1 rings (SSSR count). The second kappa shape index (κ2) is 3.77. The molecule has 1 aliphatic heterocycles. The van der Waals surface area contributed by atoms with Crippen molar-refractivity contribution in [3.8, 4) is 0 Å². The monoisotopic (exact) mass is 200 g/mol. The summed E-state index contributed by atoms with van der Waals surface area (Å²) in [6.45, 7) is 9.62. The van der Waals surface area contributed by atoms with Crippen LogP contribution < -0.4 is 5.32 Å². The molecule has 0 aromatic rings. The van der Waals surface area contributed by atoms with Gasteiger partial charge in [-0.3, -0.25) is 0 Å². The van der Waals surface area contributed by atoms with Gasteiger partial charge >= 0.3 is 6.09 Å². The van der Waals surface area contributed by atoms with Gasteiger partial charge < -0.3 is 15.3 Å². The lowest BCUT2D eigenvalue weighted by molar-refractivity contribution is 0.0458. The third-order valence-electron chi connectivity index (χ3n) is 2.76. The fourth-order valence-electron chi connectivity index (χ4n) is 2.37. The van der Waals surface area contributed by atoms with E-state index in [0.717, 1.165) is 6.54 Å². The normalized spacial score (nSPS) is 29.0. The van der Waals surface area contributed by atoms with Crippen LogP contribution in [0.5, 0.6) is 0 Å². The molecule has 1 aliphatic rings. The van der Waals surface area contributed by atoms with Gasteiger partial charge in [0.05, 0.1) is 6.04 Å². The maximum Gasteiger partial charge on any atom is 0.407 e. The maximum atomic E-state index is 11.1. The summed E-state index contributed by atoms with van der Waals surface area (Å²) in [6.07, 6.45) is -0.807. The fraction of sp³-hybridized carbons (Fsp3) is 0.900. The van der Waals surface area contributed by atoms with E-state index in [4.69, 9.17) is 5.11 Å². The highest BCUT2D eigenvalue weighted by atomic mass is 16.4. The summed E-state index contributed by atoms with van der Waals surface area (Å²) in [5, 5.41) is 12.4. The predicted octanol–water partition coefficient (Wildman–Crippen LogP) is 1.37. The van der Waals surface area contributed by atoms with E-state index in [1.54, 1.807) is 4.90 Å². The number of carbonyl (C=O) groups is 1. The average molecular weight is 200 g/mol. The zero-order valence-electron chi connectivity index (χ0n) is 9.37. The summed E-state index contributed by atoms with van der Waals surface area (Å²) >= 11 is 0. The van der Waals surface area contributed by atoms with E-state index in [-0.39, 0.29) is 17.5 Å². The van der Waals surface area contributed by atoms with Crippen LogP contribution in [0.15, 0.2) is 0 Å². The molecule has 0 radical (unpaired) electrons. The largest absolute Gasteiger partial charge is 0.465 e. The summed E-state index contributed by atoms with van der Waals surface area (Å²) < 4.78 is 0. The van der Waals surface area contributed by atoms with Gasteiger partial charge in [0, 0.05) is 19.1 Å². The molecule has 0 aliphatic carbocycles.